The monoisotopic (exact) mass is 1030 g/mol. The van der Waals surface area contributed by atoms with E-state index in [1.165, 1.54) is 0 Å². The Balaban J connectivity index is 1.29. The molecule has 4 aromatic carbocycles. The van der Waals surface area contributed by atoms with Crippen molar-refractivity contribution < 1.29 is 69.3 Å². The summed E-state index contributed by atoms with van der Waals surface area (Å²) < 4.78 is 38.9. The predicted molar refractivity (Wildman–Crippen MR) is 283 cm³/mol. The lowest BCUT2D eigenvalue weighted by atomic mass is 9.88. The molecule has 2 fully saturated rings. The van der Waals surface area contributed by atoms with Crippen LogP contribution in [0.15, 0.2) is 60.7 Å². The average molecular weight is 1030 g/mol. The zero-order valence-corrected chi connectivity index (χ0v) is 44.1. The van der Waals surface area contributed by atoms with E-state index in [9.17, 15) is 40.9 Å². The van der Waals surface area contributed by atoms with Crippen molar-refractivity contribution in [3.8, 4) is 23.0 Å². The van der Waals surface area contributed by atoms with Crippen molar-refractivity contribution in [2.24, 2.45) is 0 Å². The van der Waals surface area contributed by atoms with Crippen LogP contribution in [-0.4, -0.2) is 142 Å². The fourth-order valence-corrected chi connectivity index (χ4v) is 10.9. The molecule has 2 heterocycles. The summed E-state index contributed by atoms with van der Waals surface area (Å²) in [5.41, 5.74) is 10.7. The van der Waals surface area contributed by atoms with Gasteiger partial charge in [0.05, 0.1) is 51.8 Å². The SMILES string of the molecule is CCCOc1c2cccc1Cc1cc(CCCC[C@@H]3O[C@H](CO)[C@@H](O)[C@H](O)[C@H]3O)cc(c1OCCC)Cc1cccc(c1OCCC)Cc1cc(CCCC[C@@H]3O[C@H](CO)[C@@H](O)[C@H](O)[C@H]3O)cc(c1OCCC)C2. The smallest absolute Gasteiger partial charge is 0.126 e. The quantitative estimate of drug-likeness (QED) is 0.0305. The number of hydrogen-bond donors (Lipinski definition) is 8. The van der Waals surface area contributed by atoms with Crippen molar-refractivity contribution in [3.05, 3.63) is 116 Å². The molecule has 7 rings (SSSR count). The number of para-hydroxylation sites is 2. The molecule has 0 spiro atoms. The first-order valence-corrected chi connectivity index (χ1v) is 27.6. The number of aliphatic hydroxyl groups is 8. The Labute approximate surface area is 438 Å². The highest BCUT2D eigenvalue weighted by atomic mass is 16.6. The maximum Gasteiger partial charge on any atom is 0.126 e. The first-order chi connectivity index (χ1) is 35.9. The first kappa shape index (κ1) is 57.4. The second-order valence-corrected chi connectivity index (χ2v) is 20.6. The van der Waals surface area contributed by atoms with Crippen molar-refractivity contribution in [2.45, 2.75) is 191 Å². The summed E-state index contributed by atoms with van der Waals surface area (Å²) in [6.07, 6.45) is -0.563. The topological polar surface area (TPSA) is 217 Å². The van der Waals surface area contributed by atoms with Crippen LogP contribution in [0.5, 0.6) is 23.0 Å². The van der Waals surface area contributed by atoms with Crippen LogP contribution in [0, 0.1) is 0 Å². The second kappa shape index (κ2) is 28.2. The third-order valence-electron chi connectivity index (χ3n) is 14.7. The molecule has 4 aromatic rings. The lowest BCUT2D eigenvalue weighted by Crippen LogP contribution is -2.58. The number of rotatable bonds is 24. The summed E-state index contributed by atoms with van der Waals surface area (Å²) in [6.45, 7) is 9.72. The molecule has 8 bridgehead atoms. The summed E-state index contributed by atoms with van der Waals surface area (Å²) in [5, 5.41) is 82.7. The van der Waals surface area contributed by atoms with Crippen LogP contribution < -0.4 is 18.9 Å². The summed E-state index contributed by atoms with van der Waals surface area (Å²) in [7, 11) is 0. The van der Waals surface area contributed by atoms with E-state index in [0.717, 1.165) is 130 Å². The van der Waals surface area contributed by atoms with E-state index < -0.39 is 74.3 Å². The molecule has 0 saturated carbocycles. The van der Waals surface area contributed by atoms with Gasteiger partial charge < -0.3 is 69.3 Å². The van der Waals surface area contributed by atoms with Crippen LogP contribution in [-0.2, 0) is 48.0 Å². The third kappa shape index (κ3) is 14.2. The van der Waals surface area contributed by atoms with Crippen molar-refractivity contribution in [2.75, 3.05) is 39.6 Å². The number of unbranched alkanes of at least 4 members (excludes halogenated alkanes) is 2. The Kier molecular flexibility index (Phi) is 21.8. The predicted octanol–water partition coefficient (Wildman–Crippen LogP) is 6.63. The van der Waals surface area contributed by atoms with Crippen molar-refractivity contribution >= 4 is 0 Å². The Bertz CT molecular complexity index is 2110. The van der Waals surface area contributed by atoms with Gasteiger partial charge >= 0.3 is 0 Å². The largest absolute Gasteiger partial charge is 0.493 e. The molecule has 0 unspecified atom stereocenters. The van der Waals surface area contributed by atoms with Gasteiger partial charge in [0.1, 0.15) is 71.8 Å². The maximum atomic E-state index is 10.8. The molecule has 3 aliphatic rings. The van der Waals surface area contributed by atoms with Gasteiger partial charge in [0.25, 0.3) is 0 Å². The van der Waals surface area contributed by atoms with E-state index in [1.54, 1.807) is 0 Å². The van der Waals surface area contributed by atoms with Gasteiger partial charge in [-0.3, -0.25) is 0 Å². The van der Waals surface area contributed by atoms with Crippen molar-refractivity contribution in [1.29, 1.82) is 0 Å². The van der Waals surface area contributed by atoms with Crippen LogP contribution in [0.4, 0.5) is 0 Å². The lowest BCUT2D eigenvalue weighted by molar-refractivity contribution is -0.230. The molecule has 2 aliphatic heterocycles. The van der Waals surface area contributed by atoms with Gasteiger partial charge in [-0.15, -0.1) is 0 Å². The molecule has 74 heavy (non-hydrogen) atoms. The van der Waals surface area contributed by atoms with Crippen LogP contribution in [0.25, 0.3) is 0 Å². The number of fused-ring (bicyclic) bond motifs is 8. The molecule has 14 nitrogen and oxygen atoms in total. The molecule has 2 saturated heterocycles. The molecule has 1 aliphatic carbocycles. The minimum atomic E-state index is -1.40. The zero-order valence-electron chi connectivity index (χ0n) is 44.1. The molecular weight excluding hydrogens is 945 g/mol. The molecular formula is C60H84O14. The number of hydrogen-bond acceptors (Lipinski definition) is 14. The van der Waals surface area contributed by atoms with Crippen LogP contribution in [0.1, 0.15) is 148 Å². The Morgan fingerprint density at radius 1 is 0.392 bits per heavy atom. The highest BCUT2D eigenvalue weighted by molar-refractivity contribution is 5.57. The van der Waals surface area contributed by atoms with E-state index in [1.807, 2.05) is 0 Å². The van der Waals surface area contributed by atoms with Crippen molar-refractivity contribution in [3.63, 3.8) is 0 Å². The second-order valence-electron chi connectivity index (χ2n) is 20.6. The maximum absolute atomic E-state index is 10.8. The number of benzene rings is 4. The molecule has 0 amide bonds. The van der Waals surface area contributed by atoms with Gasteiger partial charge in [-0.25, -0.2) is 0 Å². The average Bonchev–Trinajstić information content (AvgIpc) is 3.39. The highest BCUT2D eigenvalue weighted by Crippen LogP contribution is 2.41. The number of aryl methyl sites for hydroxylation is 2. The van der Waals surface area contributed by atoms with Gasteiger partial charge in [-0.05, 0) is 120 Å². The number of ether oxygens (including phenoxy) is 6. The Morgan fingerprint density at radius 3 is 0.959 bits per heavy atom. The van der Waals surface area contributed by atoms with Crippen LogP contribution in [0.2, 0.25) is 0 Å². The van der Waals surface area contributed by atoms with E-state index >= 15 is 0 Å². The highest BCUT2D eigenvalue weighted by Gasteiger charge is 2.44. The first-order valence-electron chi connectivity index (χ1n) is 27.6. The van der Waals surface area contributed by atoms with E-state index in [4.69, 9.17) is 28.4 Å². The fourth-order valence-electron chi connectivity index (χ4n) is 10.9. The fraction of sp³-hybridized carbons (Fsp3) is 0.600. The zero-order chi connectivity index (χ0) is 52.7. The summed E-state index contributed by atoms with van der Waals surface area (Å²) in [6, 6.07) is 21.9. The van der Waals surface area contributed by atoms with E-state index in [2.05, 4.69) is 88.4 Å². The minimum Gasteiger partial charge on any atom is -0.493 e. The van der Waals surface area contributed by atoms with Crippen LogP contribution in [0.3, 0.4) is 0 Å². The minimum absolute atomic E-state index is 0.453. The lowest BCUT2D eigenvalue weighted by Gasteiger charge is -2.40. The normalized spacial score (nSPS) is 24.9. The summed E-state index contributed by atoms with van der Waals surface area (Å²) in [5.74, 6) is 3.42. The summed E-state index contributed by atoms with van der Waals surface area (Å²) in [4.78, 5) is 0. The van der Waals surface area contributed by atoms with Gasteiger partial charge in [0.2, 0.25) is 0 Å². The van der Waals surface area contributed by atoms with Crippen LogP contribution >= 0.6 is 0 Å². The molecule has 0 aromatic heterocycles. The summed E-state index contributed by atoms with van der Waals surface area (Å²) >= 11 is 0. The number of aliphatic hydroxyl groups excluding tert-OH is 8. The standard InChI is InChI=1S/C60H84O14/c1-5-23-69-57-39-17-13-18-40(57)32-44-28-38(16-10-12-22-48-52(64)56(68)54(66)50(36-62)74-48)30-46(60(44)72-26-8-4)34-42-20-14-19-41(58(42)70-24-6-2)33-45-29-37(27-43(31-39)59(45)71-25-7-3)15-9-11-21-47-51(63)55(67)53(65)49(35-61)73-47/h13-14,17-20,27-30,47-56,61-68H,5-12,15-16,21-26,31-36H2,1-4H3/t47-,48-,49+,50+,51-,52-,53+,54+,55+,56+/m0/s1. The molecule has 408 valence electrons. The van der Waals surface area contributed by atoms with Gasteiger partial charge in [-0.2, -0.15) is 0 Å². The Morgan fingerprint density at radius 2 is 0.676 bits per heavy atom. The van der Waals surface area contributed by atoms with Crippen molar-refractivity contribution in [1.82, 2.24) is 0 Å². The third-order valence-corrected chi connectivity index (χ3v) is 14.7. The van der Waals surface area contributed by atoms with Gasteiger partial charge in [0.15, 0.2) is 0 Å². The van der Waals surface area contributed by atoms with E-state index in [-0.39, 0.29) is 0 Å². The van der Waals surface area contributed by atoms with Gasteiger partial charge in [0, 0.05) is 25.7 Å². The van der Waals surface area contributed by atoms with Gasteiger partial charge in [-0.1, -0.05) is 101 Å². The molecule has 14 heteroatoms. The molecule has 8 N–H and O–H groups in total. The molecule has 10 atom stereocenters. The Hall–Kier alpha value is -4.32. The van der Waals surface area contributed by atoms with E-state index in [0.29, 0.717) is 77.8 Å². The molecule has 0 radical (unpaired) electrons.